The predicted octanol–water partition coefficient (Wildman–Crippen LogP) is 2.24. The summed E-state index contributed by atoms with van der Waals surface area (Å²) in [7, 11) is 1.69. The molecule has 124 valence electrons. The topological polar surface area (TPSA) is 60.1 Å². The number of nitrogens with zero attached hydrogens (tertiary/aromatic N) is 4. The zero-order valence-corrected chi connectivity index (χ0v) is 14.5. The Morgan fingerprint density at radius 3 is 2.61 bits per heavy atom. The van der Waals surface area contributed by atoms with Crippen LogP contribution in [0.15, 0.2) is 21.6 Å². The molecule has 1 aliphatic heterocycles. The molecule has 0 bridgehead atoms. The molecule has 2 aromatic heterocycles. The Balaban J connectivity index is 1.74. The normalized spacial score (nSPS) is 16.3. The van der Waals surface area contributed by atoms with Gasteiger partial charge in [0.2, 0.25) is 0 Å². The van der Waals surface area contributed by atoms with E-state index in [0.717, 1.165) is 24.2 Å². The van der Waals surface area contributed by atoms with E-state index in [1.807, 2.05) is 35.6 Å². The highest BCUT2D eigenvalue weighted by Crippen LogP contribution is 2.28. The molecule has 1 amide bonds. The molecular formula is C16H22N4O2S. The van der Waals surface area contributed by atoms with Gasteiger partial charge < -0.3 is 4.90 Å². The van der Waals surface area contributed by atoms with Crippen LogP contribution in [-0.2, 0) is 7.05 Å². The quantitative estimate of drug-likeness (QED) is 0.865. The fourth-order valence-electron chi connectivity index (χ4n) is 3.17. The SMILES string of the molecule is CC(C)n1c(C2CCN(C(=O)c3ccsc3)CC2)nn(C)c1=O. The van der Waals surface area contributed by atoms with E-state index >= 15 is 0 Å². The molecule has 0 radical (unpaired) electrons. The minimum atomic E-state index is -0.0632. The number of amides is 1. The zero-order valence-electron chi connectivity index (χ0n) is 13.7. The average Bonchev–Trinajstić information content (AvgIpc) is 3.16. The third kappa shape index (κ3) is 2.97. The molecule has 3 heterocycles. The molecule has 0 saturated carbocycles. The maximum Gasteiger partial charge on any atom is 0.345 e. The molecule has 1 saturated heterocycles. The Bertz CT molecular complexity index is 737. The van der Waals surface area contributed by atoms with E-state index in [0.29, 0.717) is 13.1 Å². The number of carbonyl (C=O) groups is 1. The second-order valence-corrected chi connectivity index (χ2v) is 7.09. The first-order valence-corrected chi connectivity index (χ1v) is 8.90. The summed E-state index contributed by atoms with van der Waals surface area (Å²) in [5.74, 6) is 1.19. The fourth-order valence-corrected chi connectivity index (χ4v) is 3.80. The van der Waals surface area contributed by atoms with Gasteiger partial charge >= 0.3 is 5.69 Å². The summed E-state index contributed by atoms with van der Waals surface area (Å²) in [6.07, 6.45) is 1.69. The van der Waals surface area contributed by atoms with Crippen molar-refractivity contribution in [1.29, 1.82) is 0 Å². The van der Waals surface area contributed by atoms with Crippen LogP contribution in [0.4, 0.5) is 0 Å². The Kier molecular flexibility index (Phi) is 4.39. The third-order valence-electron chi connectivity index (χ3n) is 4.41. The maximum atomic E-state index is 12.4. The summed E-state index contributed by atoms with van der Waals surface area (Å²) in [4.78, 5) is 26.5. The number of likely N-dealkylation sites (tertiary alicyclic amines) is 1. The molecule has 23 heavy (non-hydrogen) atoms. The number of thiophene rings is 1. The lowest BCUT2D eigenvalue weighted by Crippen LogP contribution is -2.38. The van der Waals surface area contributed by atoms with E-state index in [1.165, 1.54) is 4.68 Å². The number of hydrogen-bond donors (Lipinski definition) is 0. The first-order valence-electron chi connectivity index (χ1n) is 7.96. The Morgan fingerprint density at radius 1 is 1.35 bits per heavy atom. The van der Waals surface area contributed by atoms with Gasteiger partial charge in [-0.15, -0.1) is 0 Å². The molecule has 3 rings (SSSR count). The van der Waals surface area contributed by atoms with Crippen molar-refractivity contribution < 1.29 is 4.79 Å². The summed E-state index contributed by atoms with van der Waals surface area (Å²) >= 11 is 1.54. The lowest BCUT2D eigenvalue weighted by atomic mass is 9.95. The lowest BCUT2D eigenvalue weighted by molar-refractivity contribution is 0.0710. The Hall–Kier alpha value is -1.89. The predicted molar refractivity (Wildman–Crippen MR) is 90.1 cm³/mol. The van der Waals surface area contributed by atoms with Crippen molar-refractivity contribution in [3.63, 3.8) is 0 Å². The van der Waals surface area contributed by atoms with Crippen LogP contribution in [-0.4, -0.2) is 38.2 Å². The van der Waals surface area contributed by atoms with Gasteiger partial charge in [-0.1, -0.05) is 0 Å². The van der Waals surface area contributed by atoms with E-state index in [2.05, 4.69) is 5.10 Å². The second-order valence-electron chi connectivity index (χ2n) is 6.31. The molecule has 2 aromatic rings. The van der Waals surface area contributed by atoms with Crippen LogP contribution in [0, 0.1) is 0 Å². The molecule has 1 aliphatic rings. The van der Waals surface area contributed by atoms with E-state index < -0.39 is 0 Å². The smallest absolute Gasteiger partial charge is 0.339 e. The van der Waals surface area contributed by atoms with E-state index in [9.17, 15) is 9.59 Å². The molecule has 0 spiro atoms. The van der Waals surface area contributed by atoms with Gasteiger partial charge in [-0.05, 0) is 38.1 Å². The Labute approximate surface area is 139 Å². The largest absolute Gasteiger partial charge is 0.345 e. The molecule has 0 unspecified atom stereocenters. The standard InChI is InChI=1S/C16H22N4O2S/c1-11(2)20-14(17-18(3)16(20)22)12-4-7-19(8-5-12)15(21)13-6-9-23-10-13/h6,9-12H,4-5,7-8H2,1-3H3. The number of aromatic nitrogens is 3. The van der Waals surface area contributed by atoms with Crippen molar-refractivity contribution >= 4 is 17.2 Å². The van der Waals surface area contributed by atoms with Gasteiger partial charge in [-0.2, -0.15) is 16.4 Å². The molecule has 0 aromatic carbocycles. The average molecular weight is 334 g/mol. The second kappa shape index (κ2) is 6.31. The zero-order chi connectivity index (χ0) is 16.6. The molecule has 0 atom stereocenters. The summed E-state index contributed by atoms with van der Waals surface area (Å²) in [6.45, 7) is 5.42. The third-order valence-corrected chi connectivity index (χ3v) is 5.10. The van der Waals surface area contributed by atoms with Crippen LogP contribution in [0.2, 0.25) is 0 Å². The number of carbonyl (C=O) groups excluding carboxylic acids is 1. The fraction of sp³-hybridized carbons (Fsp3) is 0.562. The van der Waals surface area contributed by atoms with Crippen molar-refractivity contribution in [3.8, 4) is 0 Å². The lowest BCUT2D eigenvalue weighted by Gasteiger charge is -2.31. The van der Waals surface area contributed by atoms with Crippen LogP contribution in [0.3, 0.4) is 0 Å². The molecular weight excluding hydrogens is 312 g/mol. The minimum Gasteiger partial charge on any atom is -0.339 e. The number of rotatable bonds is 3. The Morgan fingerprint density at radius 2 is 2.04 bits per heavy atom. The van der Waals surface area contributed by atoms with E-state index in [-0.39, 0.29) is 23.6 Å². The summed E-state index contributed by atoms with van der Waals surface area (Å²) in [5, 5.41) is 8.26. The maximum absolute atomic E-state index is 12.4. The summed E-state index contributed by atoms with van der Waals surface area (Å²) < 4.78 is 3.19. The van der Waals surface area contributed by atoms with Gasteiger partial charge in [0.05, 0.1) is 5.56 Å². The van der Waals surface area contributed by atoms with Crippen molar-refractivity contribution in [1.82, 2.24) is 19.2 Å². The van der Waals surface area contributed by atoms with Crippen LogP contribution >= 0.6 is 11.3 Å². The number of aryl methyl sites for hydroxylation is 1. The van der Waals surface area contributed by atoms with E-state index in [4.69, 9.17) is 0 Å². The van der Waals surface area contributed by atoms with Crippen molar-refractivity contribution in [2.45, 2.75) is 38.6 Å². The molecule has 7 heteroatoms. The van der Waals surface area contributed by atoms with Crippen molar-refractivity contribution in [2.75, 3.05) is 13.1 Å². The first-order chi connectivity index (χ1) is 11.0. The molecule has 0 N–H and O–H groups in total. The van der Waals surface area contributed by atoms with Crippen LogP contribution in [0.25, 0.3) is 0 Å². The van der Waals surface area contributed by atoms with Gasteiger partial charge in [-0.25, -0.2) is 9.48 Å². The molecule has 1 fully saturated rings. The number of piperidine rings is 1. The van der Waals surface area contributed by atoms with Gasteiger partial charge in [0.1, 0.15) is 5.82 Å². The van der Waals surface area contributed by atoms with E-state index in [1.54, 1.807) is 23.0 Å². The van der Waals surface area contributed by atoms with Gasteiger partial charge in [0.25, 0.3) is 5.91 Å². The van der Waals surface area contributed by atoms with Gasteiger partial charge in [0, 0.05) is 37.5 Å². The highest BCUT2D eigenvalue weighted by atomic mass is 32.1. The van der Waals surface area contributed by atoms with Crippen LogP contribution in [0.1, 0.15) is 54.8 Å². The van der Waals surface area contributed by atoms with Crippen molar-refractivity contribution in [2.24, 2.45) is 7.05 Å². The van der Waals surface area contributed by atoms with Crippen LogP contribution in [0.5, 0.6) is 0 Å². The highest BCUT2D eigenvalue weighted by Gasteiger charge is 2.29. The van der Waals surface area contributed by atoms with Crippen LogP contribution < -0.4 is 5.69 Å². The summed E-state index contributed by atoms with van der Waals surface area (Å²) in [5.41, 5.74) is 0.706. The highest BCUT2D eigenvalue weighted by molar-refractivity contribution is 7.08. The minimum absolute atomic E-state index is 0.0632. The van der Waals surface area contributed by atoms with Gasteiger partial charge in [-0.3, -0.25) is 9.36 Å². The number of hydrogen-bond acceptors (Lipinski definition) is 4. The molecule has 6 nitrogen and oxygen atoms in total. The summed E-state index contributed by atoms with van der Waals surface area (Å²) in [6, 6.07) is 1.96. The first kappa shape index (κ1) is 16.0. The van der Waals surface area contributed by atoms with Gasteiger partial charge in [0.15, 0.2) is 0 Å². The van der Waals surface area contributed by atoms with Crippen molar-refractivity contribution in [3.05, 3.63) is 38.7 Å². The molecule has 0 aliphatic carbocycles. The monoisotopic (exact) mass is 334 g/mol.